The molecule has 1 heterocycles. The molecule has 0 radical (unpaired) electrons. The van der Waals surface area contributed by atoms with Gasteiger partial charge in [0.1, 0.15) is 4.60 Å². The fourth-order valence-electron chi connectivity index (χ4n) is 0.710. The Balaban J connectivity index is 2.59. The summed E-state index contributed by atoms with van der Waals surface area (Å²) in [5.74, 6) is -0.180. The smallest absolute Gasteiger partial charge is 0.255 e. The molecule has 66 valence electrons. The summed E-state index contributed by atoms with van der Waals surface area (Å²) in [6.07, 6.45) is 1.45. The molecular weight excluding hydrogens is 224 g/mol. The van der Waals surface area contributed by atoms with Gasteiger partial charge in [-0.1, -0.05) is 0 Å². The second-order valence-electron chi connectivity index (χ2n) is 2.14. The number of H-pyrrole nitrogens is 1. The Hall–Kier alpha value is -0.880. The predicted octanol–water partition coefficient (Wildman–Crippen LogP) is -0.139. The SMILES string of the molecule is NCCNC(=O)c1cn[nH]c1Br. The van der Waals surface area contributed by atoms with E-state index < -0.39 is 0 Å². The molecule has 0 aliphatic heterocycles. The van der Waals surface area contributed by atoms with Crippen molar-refractivity contribution in [1.82, 2.24) is 15.5 Å². The molecule has 0 aromatic carbocycles. The van der Waals surface area contributed by atoms with Gasteiger partial charge in [0.25, 0.3) is 5.91 Å². The number of halogens is 1. The number of nitrogens with zero attached hydrogens (tertiary/aromatic N) is 1. The third kappa shape index (κ3) is 2.05. The summed E-state index contributed by atoms with van der Waals surface area (Å²) in [7, 11) is 0. The largest absolute Gasteiger partial charge is 0.351 e. The summed E-state index contributed by atoms with van der Waals surface area (Å²) in [5.41, 5.74) is 5.71. The molecule has 1 amide bonds. The van der Waals surface area contributed by atoms with Crippen LogP contribution in [-0.4, -0.2) is 29.2 Å². The number of hydrogen-bond acceptors (Lipinski definition) is 3. The fourth-order valence-corrected chi connectivity index (χ4v) is 1.09. The number of carbonyl (C=O) groups is 1. The Bertz CT molecular complexity index is 272. The maximum absolute atomic E-state index is 11.2. The monoisotopic (exact) mass is 232 g/mol. The minimum atomic E-state index is -0.180. The van der Waals surface area contributed by atoms with Gasteiger partial charge in [0, 0.05) is 13.1 Å². The van der Waals surface area contributed by atoms with E-state index in [0.717, 1.165) is 0 Å². The number of nitrogens with one attached hydrogen (secondary N) is 2. The molecule has 0 spiro atoms. The molecule has 1 aromatic rings. The molecule has 0 aliphatic carbocycles. The predicted molar refractivity (Wildman–Crippen MR) is 47.7 cm³/mol. The highest BCUT2D eigenvalue weighted by Gasteiger charge is 2.09. The van der Waals surface area contributed by atoms with Gasteiger partial charge in [0.15, 0.2) is 0 Å². The topological polar surface area (TPSA) is 83.8 Å². The van der Waals surface area contributed by atoms with Crippen LogP contribution in [0.2, 0.25) is 0 Å². The van der Waals surface area contributed by atoms with Crippen LogP contribution in [0, 0.1) is 0 Å². The molecule has 4 N–H and O–H groups in total. The first kappa shape index (κ1) is 9.21. The highest BCUT2D eigenvalue weighted by molar-refractivity contribution is 9.10. The Kier molecular flexibility index (Phi) is 3.24. The van der Waals surface area contributed by atoms with E-state index in [-0.39, 0.29) is 5.91 Å². The van der Waals surface area contributed by atoms with Crippen molar-refractivity contribution in [2.24, 2.45) is 5.73 Å². The molecule has 0 atom stereocenters. The van der Waals surface area contributed by atoms with E-state index in [0.29, 0.717) is 23.3 Å². The van der Waals surface area contributed by atoms with E-state index in [1.54, 1.807) is 0 Å². The first-order valence-electron chi connectivity index (χ1n) is 3.43. The number of aromatic amines is 1. The van der Waals surface area contributed by atoms with Crippen LogP contribution in [0.25, 0.3) is 0 Å². The van der Waals surface area contributed by atoms with Crippen LogP contribution < -0.4 is 11.1 Å². The standard InChI is InChI=1S/C6H9BrN4O/c7-5-4(3-10-11-5)6(12)9-2-1-8/h3H,1-2,8H2,(H,9,12)(H,10,11). The Morgan fingerprint density at radius 2 is 2.58 bits per heavy atom. The lowest BCUT2D eigenvalue weighted by molar-refractivity contribution is 0.0954. The third-order valence-corrected chi connectivity index (χ3v) is 1.87. The maximum Gasteiger partial charge on any atom is 0.255 e. The van der Waals surface area contributed by atoms with Gasteiger partial charge >= 0.3 is 0 Å². The lowest BCUT2D eigenvalue weighted by Crippen LogP contribution is -2.28. The van der Waals surface area contributed by atoms with Gasteiger partial charge in [0.2, 0.25) is 0 Å². The minimum Gasteiger partial charge on any atom is -0.351 e. The van der Waals surface area contributed by atoms with E-state index in [9.17, 15) is 4.79 Å². The second kappa shape index (κ2) is 4.22. The van der Waals surface area contributed by atoms with Crippen molar-refractivity contribution in [1.29, 1.82) is 0 Å². The maximum atomic E-state index is 11.2. The zero-order chi connectivity index (χ0) is 8.97. The summed E-state index contributed by atoms with van der Waals surface area (Å²) in [4.78, 5) is 11.2. The number of carbonyl (C=O) groups excluding carboxylic acids is 1. The van der Waals surface area contributed by atoms with E-state index in [1.165, 1.54) is 6.20 Å². The summed E-state index contributed by atoms with van der Waals surface area (Å²) in [5, 5.41) is 8.91. The lowest BCUT2D eigenvalue weighted by atomic mass is 10.3. The average molecular weight is 233 g/mol. The van der Waals surface area contributed by atoms with E-state index >= 15 is 0 Å². The summed E-state index contributed by atoms with van der Waals surface area (Å²) < 4.78 is 0.581. The molecule has 1 rings (SSSR count). The van der Waals surface area contributed by atoms with Gasteiger partial charge in [-0.15, -0.1) is 0 Å². The van der Waals surface area contributed by atoms with Crippen LogP contribution in [0.15, 0.2) is 10.8 Å². The lowest BCUT2D eigenvalue weighted by Gasteiger charge is -1.99. The Morgan fingerprint density at radius 1 is 1.83 bits per heavy atom. The minimum absolute atomic E-state index is 0.180. The molecular formula is C6H9BrN4O. The van der Waals surface area contributed by atoms with Crippen LogP contribution >= 0.6 is 15.9 Å². The molecule has 0 unspecified atom stereocenters. The highest BCUT2D eigenvalue weighted by Crippen LogP contribution is 2.10. The molecule has 5 nitrogen and oxygen atoms in total. The van der Waals surface area contributed by atoms with Crippen molar-refractivity contribution < 1.29 is 4.79 Å². The van der Waals surface area contributed by atoms with Crippen molar-refractivity contribution in [3.05, 3.63) is 16.4 Å². The van der Waals surface area contributed by atoms with Gasteiger partial charge in [-0.05, 0) is 15.9 Å². The molecule has 0 saturated carbocycles. The van der Waals surface area contributed by atoms with Crippen molar-refractivity contribution in [3.63, 3.8) is 0 Å². The second-order valence-corrected chi connectivity index (χ2v) is 2.94. The Morgan fingerprint density at radius 3 is 3.08 bits per heavy atom. The van der Waals surface area contributed by atoms with Crippen molar-refractivity contribution >= 4 is 21.8 Å². The first-order valence-corrected chi connectivity index (χ1v) is 4.22. The molecule has 1 aromatic heterocycles. The van der Waals surface area contributed by atoms with Crippen LogP contribution in [0.1, 0.15) is 10.4 Å². The molecule has 0 saturated heterocycles. The normalized spacial score (nSPS) is 9.83. The van der Waals surface area contributed by atoms with Crippen molar-refractivity contribution in [2.75, 3.05) is 13.1 Å². The van der Waals surface area contributed by atoms with Gasteiger partial charge < -0.3 is 11.1 Å². The van der Waals surface area contributed by atoms with Crippen LogP contribution in [0.4, 0.5) is 0 Å². The molecule has 12 heavy (non-hydrogen) atoms. The summed E-state index contributed by atoms with van der Waals surface area (Å²) >= 11 is 3.15. The number of nitrogens with two attached hydrogens (primary N) is 1. The third-order valence-electron chi connectivity index (χ3n) is 1.27. The van der Waals surface area contributed by atoms with Crippen LogP contribution in [0.3, 0.4) is 0 Å². The van der Waals surface area contributed by atoms with Crippen LogP contribution in [-0.2, 0) is 0 Å². The summed E-state index contributed by atoms with van der Waals surface area (Å²) in [6, 6.07) is 0. The van der Waals surface area contributed by atoms with Gasteiger partial charge in [-0.3, -0.25) is 9.89 Å². The molecule has 6 heteroatoms. The number of hydrogen-bond donors (Lipinski definition) is 3. The van der Waals surface area contributed by atoms with Crippen LogP contribution in [0.5, 0.6) is 0 Å². The number of rotatable bonds is 3. The quantitative estimate of drug-likeness (QED) is 0.679. The summed E-state index contributed by atoms with van der Waals surface area (Å²) in [6.45, 7) is 0.900. The van der Waals surface area contributed by atoms with Gasteiger partial charge in [0.05, 0.1) is 11.8 Å². The highest BCUT2D eigenvalue weighted by atomic mass is 79.9. The zero-order valence-corrected chi connectivity index (χ0v) is 7.89. The molecule has 0 bridgehead atoms. The zero-order valence-electron chi connectivity index (χ0n) is 6.30. The molecule has 0 aliphatic rings. The van der Waals surface area contributed by atoms with Crippen molar-refractivity contribution in [2.45, 2.75) is 0 Å². The van der Waals surface area contributed by atoms with Crippen molar-refractivity contribution in [3.8, 4) is 0 Å². The molecule has 0 fully saturated rings. The average Bonchev–Trinajstić information content (AvgIpc) is 2.47. The van der Waals surface area contributed by atoms with Gasteiger partial charge in [-0.2, -0.15) is 5.10 Å². The fraction of sp³-hybridized carbons (Fsp3) is 0.333. The van der Waals surface area contributed by atoms with E-state index in [2.05, 4.69) is 31.4 Å². The number of amides is 1. The van der Waals surface area contributed by atoms with E-state index in [4.69, 9.17) is 5.73 Å². The Labute approximate surface area is 77.8 Å². The first-order chi connectivity index (χ1) is 5.75. The van der Waals surface area contributed by atoms with E-state index in [1.807, 2.05) is 0 Å². The number of aromatic nitrogens is 2. The van der Waals surface area contributed by atoms with Gasteiger partial charge in [-0.25, -0.2) is 0 Å².